The quantitative estimate of drug-likeness (QED) is 0.599. The average Bonchev–Trinajstić information content (AvgIpc) is 2.73. The molecule has 2 aromatic rings. The lowest BCUT2D eigenvalue weighted by atomic mass is 9.88. The van der Waals surface area contributed by atoms with Crippen molar-refractivity contribution in [3.05, 3.63) is 71.8 Å². The Kier molecular flexibility index (Phi) is 7.87. The highest BCUT2D eigenvalue weighted by Crippen LogP contribution is 2.27. The van der Waals surface area contributed by atoms with Gasteiger partial charge in [0.2, 0.25) is 5.91 Å². The van der Waals surface area contributed by atoms with E-state index in [1.54, 1.807) is 0 Å². The maximum absolute atomic E-state index is 12.1. The van der Waals surface area contributed by atoms with Crippen LogP contribution in [0.25, 0.3) is 0 Å². The molecule has 1 aliphatic heterocycles. The van der Waals surface area contributed by atoms with Crippen LogP contribution in [-0.2, 0) is 4.79 Å². The van der Waals surface area contributed by atoms with Crippen LogP contribution in [0.2, 0.25) is 0 Å². The Balaban J connectivity index is 1.42. The van der Waals surface area contributed by atoms with Gasteiger partial charge in [0.1, 0.15) is 0 Å². The molecular formula is C23H31N3O. The molecule has 3 rings (SSSR count). The molecule has 144 valence electrons. The maximum atomic E-state index is 12.1. The largest absolute Gasteiger partial charge is 0.352 e. The molecule has 2 aromatic carbocycles. The lowest BCUT2D eigenvalue weighted by molar-refractivity contribution is -0.121. The Hall–Kier alpha value is -2.17. The lowest BCUT2D eigenvalue weighted by Gasteiger charge is -2.23. The van der Waals surface area contributed by atoms with Crippen LogP contribution in [0.1, 0.15) is 42.7 Å². The van der Waals surface area contributed by atoms with E-state index in [4.69, 9.17) is 0 Å². The van der Waals surface area contributed by atoms with Crippen LogP contribution in [-0.4, -0.2) is 38.1 Å². The molecule has 27 heavy (non-hydrogen) atoms. The summed E-state index contributed by atoms with van der Waals surface area (Å²) < 4.78 is 0. The molecule has 1 amide bonds. The molecule has 0 radical (unpaired) electrons. The normalized spacial score (nSPS) is 17.0. The van der Waals surface area contributed by atoms with E-state index < -0.39 is 0 Å². The topological polar surface area (TPSA) is 53.2 Å². The standard InChI is InChI=1S/C23H31N3O/c27-23(26-21-12-7-15-25-18-21)14-17-24-16-13-22(19-8-3-1-4-9-19)20-10-5-2-6-11-20/h1-6,8-11,21-22,24-25H,7,12-18H2,(H,26,27)/t21-/m1/s1. The fraction of sp³-hybridized carbons (Fsp3) is 0.435. The molecular weight excluding hydrogens is 334 g/mol. The zero-order chi connectivity index (χ0) is 18.7. The van der Waals surface area contributed by atoms with E-state index in [0.29, 0.717) is 18.4 Å². The number of carbonyl (C=O) groups excluding carboxylic acids is 1. The van der Waals surface area contributed by atoms with Crippen LogP contribution < -0.4 is 16.0 Å². The summed E-state index contributed by atoms with van der Waals surface area (Å²) in [5.74, 6) is 0.529. The van der Waals surface area contributed by atoms with Gasteiger partial charge in [0.25, 0.3) is 0 Å². The van der Waals surface area contributed by atoms with E-state index in [1.165, 1.54) is 11.1 Å². The first kappa shape index (κ1) is 19.6. The fourth-order valence-electron chi connectivity index (χ4n) is 3.74. The highest BCUT2D eigenvalue weighted by Gasteiger charge is 2.15. The molecule has 1 saturated heterocycles. The second kappa shape index (κ2) is 10.9. The van der Waals surface area contributed by atoms with Crippen LogP contribution in [0.3, 0.4) is 0 Å². The van der Waals surface area contributed by atoms with Crippen LogP contribution in [0, 0.1) is 0 Å². The Morgan fingerprint density at radius 1 is 1.00 bits per heavy atom. The van der Waals surface area contributed by atoms with Gasteiger partial charge in [-0.25, -0.2) is 0 Å². The first-order valence-electron chi connectivity index (χ1n) is 10.1. The van der Waals surface area contributed by atoms with Gasteiger partial charge in [-0.1, -0.05) is 60.7 Å². The van der Waals surface area contributed by atoms with Crippen molar-refractivity contribution in [1.29, 1.82) is 0 Å². The summed E-state index contributed by atoms with van der Waals surface area (Å²) in [6, 6.07) is 21.6. The minimum absolute atomic E-state index is 0.152. The number of benzene rings is 2. The minimum Gasteiger partial charge on any atom is -0.352 e. The van der Waals surface area contributed by atoms with Crippen LogP contribution in [0.15, 0.2) is 60.7 Å². The summed E-state index contributed by atoms with van der Waals surface area (Å²) in [4.78, 5) is 12.1. The van der Waals surface area contributed by atoms with Gasteiger partial charge in [-0.05, 0) is 43.5 Å². The molecule has 0 bridgehead atoms. The predicted octanol–water partition coefficient (Wildman–Crippen LogP) is 3.06. The molecule has 0 aromatic heterocycles. The molecule has 4 nitrogen and oxygen atoms in total. The number of hydrogen-bond donors (Lipinski definition) is 3. The zero-order valence-corrected chi connectivity index (χ0v) is 16.0. The Bertz CT molecular complexity index is 629. The zero-order valence-electron chi connectivity index (χ0n) is 16.0. The number of amides is 1. The molecule has 0 saturated carbocycles. The highest BCUT2D eigenvalue weighted by atomic mass is 16.1. The van der Waals surface area contributed by atoms with E-state index in [9.17, 15) is 4.79 Å². The molecule has 3 N–H and O–H groups in total. The molecule has 0 aliphatic carbocycles. The summed E-state index contributed by atoms with van der Waals surface area (Å²) in [5.41, 5.74) is 2.68. The second-order valence-electron chi connectivity index (χ2n) is 7.27. The van der Waals surface area contributed by atoms with E-state index >= 15 is 0 Å². The highest BCUT2D eigenvalue weighted by molar-refractivity contribution is 5.76. The van der Waals surface area contributed by atoms with Crippen molar-refractivity contribution in [3.63, 3.8) is 0 Å². The molecule has 0 spiro atoms. The second-order valence-corrected chi connectivity index (χ2v) is 7.27. The molecule has 0 unspecified atom stereocenters. The monoisotopic (exact) mass is 365 g/mol. The Labute approximate surface area is 162 Å². The van der Waals surface area contributed by atoms with Crippen molar-refractivity contribution in [2.45, 2.75) is 37.6 Å². The fourth-order valence-corrected chi connectivity index (χ4v) is 3.74. The number of piperidine rings is 1. The van der Waals surface area contributed by atoms with E-state index in [-0.39, 0.29) is 5.91 Å². The number of carbonyl (C=O) groups is 1. The van der Waals surface area contributed by atoms with Crippen molar-refractivity contribution in [3.8, 4) is 0 Å². The summed E-state index contributed by atoms with van der Waals surface area (Å²) in [5, 5.41) is 9.91. The summed E-state index contributed by atoms with van der Waals surface area (Å²) in [6.07, 6.45) is 3.78. The van der Waals surface area contributed by atoms with E-state index in [2.05, 4.69) is 76.6 Å². The molecule has 1 heterocycles. The smallest absolute Gasteiger partial charge is 0.221 e. The average molecular weight is 366 g/mol. The van der Waals surface area contributed by atoms with Gasteiger partial charge in [0.05, 0.1) is 0 Å². The van der Waals surface area contributed by atoms with Gasteiger partial charge in [-0.3, -0.25) is 4.79 Å². The van der Waals surface area contributed by atoms with Crippen molar-refractivity contribution < 1.29 is 4.79 Å². The lowest BCUT2D eigenvalue weighted by Crippen LogP contribution is -2.46. The first-order chi connectivity index (χ1) is 13.3. The summed E-state index contributed by atoms with van der Waals surface area (Å²) in [6.45, 7) is 3.59. The number of hydrogen-bond acceptors (Lipinski definition) is 3. The summed E-state index contributed by atoms with van der Waals surface area (Å²) in [7, 11) is 0. The van der Waals surface area contributed by atoms with Gasteiger partial charge in [0, 0.05) is 31.5 Å². The van der Waals surface area contributed by atoms with Crippen molar-refractivity contribution in [1.82, 2.24) is 16.0 Å². The third kappa shape index (κ3) is 6.49. The van der Waals surface area contributed by atoms with E-state index in [0.717, 1.165) is 45.4 Å². The molecule has 1 atom stereocenters. The summed E-state index contributed by atoms with van der Waals surface area (Å²) >= 11 is 0. The Morgan fingerprint density at radius 2 is 1.67 bits per heavy atom. The van der Waals surface area contributed by atoms with Crippen molar-refractivity contribution in [2.75, 3.05) is 26.2 Å². The molecule has 1 fully saturated rings. The minimum atomic E-state index is 0.152. The van der Waals surface area contributed by atoms with Gasteiger partial charge < -0.3 is 16.0 Å². The van der Waals surface area contributed by atoms with Crippen LogP contribution in [0.5, 0.6) is 0 Å². The van der Waals surface area contributed by atoms with Gasteiger partial charge in [-0.15, -0.1) is 0 Å². The van der Waals surface area contributed by atoms with E-state index in [1.807, 2.05) is 0 Å². The predicted molar refractivity (Wildman–Crippen MR) is 111 cm³/mol. The Morgan fingerprint density at radius 3 is 2.26 bits per heavy atom. The number of nitrogens with one attached hydrogen (secondary N) is 3. The molecule has 1 aliphatic rings. The number of rotatable bonds is 9. The van der Waals surface area contributed by atoms with Crippen molar-refractivity contribution in [2.24, 2.45) is 0 Å². The van der Waals surface area contributed by atoms with Gasteiger partial charge in [0.15, 0.2) is 0 Å². The van der Waals surface area contributed by atoms with Crippen LogP contribution >= 0.6 is 0 Å². The van der Waals surface area contributed by atoms with Crippen molar-refractivity contribution >= 4 is 5.91 Å². The maximum Gasteiger partial charge on any atom is 0.221 e. The van der Waals surface area contributed by atoms with Gasteiger partial charge in [-0.2, -0.15) is 0 Å². The third-order valence-corrected chi connectivity index (χ3v) is 5.20. The first-order valence-corrected chi connectivity index (χ1v) is 10.1. The SMILES string of the molecule is O=C(CCNCCC(c1ccccc1)c1ccccc1)N[C@@H]1CCCNC1. The van der Waals surface area contributed by atoms with Crippen LogP contribution in [0.4, 0.5) is 0 Å². The molecule has 4 heteroatoms. The third-order valence-electron chi connectivity index (χ3n) is 5.20. The van der Waals surface area contributed by atoms with Gasteiger partial charge >= 0.3 is 0 Å².